The molecule has 1 amide bonds. The summed E-state index contributed by atoms with van der Waals surface area (Å²) in [5.41, 5.74) is 1.34. The Bertz CT molecular complexity index is 695. The van der Waals surface area contributed by atoms with Crippen LogP contribution >= 0.6 is 11.3 Å². The first-order valence-corrected chi connectivity index (χ1v) is 8.82. The van der Waals surface area contributed by atoms with E-state index in [4.69, 9.17) is 4.74 Å². The number of hydrogen-bond acceptors (Lipinski definition) is 7. The van der Waals surface area contributed by atoms with Crippen LogP contribution in [0.25, 0.3) is 0 Å². The largest absolute Gasteiger partial charge is 0.381 e. The second-order valence-corrected chi connectivity index (χ2v) is 7.16. The van der Waals surface area contributed by atoms with E-state index in [-0.39, 0.29) is 11.9 Å². The number of carbonyl (C=O) groups excluding carboxylic acids is 1. The summed E-state index contributed by atoms with van der Waals surface area (Å²) in [6.45, 7) is 6.02. The van der Waals surface area contributed by atoms with Crippen molar-refractivity contribution in [2.75, 3.05) is 18.5 Å². The Hall–Kier alpha value is -2.06. The van der Waals surface area contributed by atoms with Crippen LogP contribution in [0, 0.1) is 13.8 Å². The van der Waals surface area contributed by atoms with E-state index >= 15 is 0 Å². The van der Waals surface area contributed by atoms with Gasteiger partial charge in [0.2, 0.25) is 0 Å². The van der Waals surface area contributed by atoms with Crippen LogP contribution in [0.4, 0.5) is 5.82 Å². The molecule has 0 spiro atoms. The molecule has 1 aliphatic rings. The molecule has 3 rings (SSSR count). The number of rotatable bonds is 5. The van der Waals surface area contributed by atoms with Crippen LogP contribution in [0.15, 0.2) is 12.1 Å². The average molecular weight is 347 g/mol. The van der Waals surface area contributed by atoms with Gasteiger partial charge in [-0.3, -0.25) is 4.79 Å². The van der Waals surface area contributed by atoms with Gasteiger partial charge in [0, 0.05) is 24.1 Å². The molecule has 1 aliphatic heterocycles. The number of aromatic nitrogens is 3. The number of ether oxygens (including phenoxy) is 1. The van der Waals surface area contributed by atoms with Crippen molar-refractivity contribution >= 4 is 23.1 Å². The third-order valence-corrected chi connectivity index (χ3v) is 4.82. The summed E-state index contributed by atoms with van der Waals surface area (Å²) in [5, 5.41) is 15.3. The molecule has 3 heterocycles. The molecule has 128 valence electrons. The number of nitrogens with one attached hydrogen (secondary N) is 2. The van der Waals surface area contributed by atoms with Gasteiger partial charge in [0.1, 0.15) is 5.82 Å². The van der Waals surface area contributed by atoms with E-state index in [1.54, 1.807) is 23.5 Å². The van der Waals surface area contributed by atoms with Gasteiger partial charge in [-0.15, -0.1) is 21.5 Å². The van der Waals surface area contributed by atoms with Crippen molar-refractivity contribution in [1.82, 2.24) is 20.5 Å². The molecule has 1 saturated heterocycles. The molecule has 0 bridgehead atoms. The molecule has 7 nitrogen and oxygen atoms in total. The Morgan fingerprint density at radius 2 is 2.08 bits per heavy atom. The second-order valence-electron chi connectivity index (χ2n) is 5.75. The smallest absolute Gasteiger partial charge is 0.272 e. The van der Waals surface area contributed by atoms with Gasteiger partial charge in [-0.2, -0.15) is 0 Å². The zero-order chi connectivity index (χ0) is 16.9. The van der Waals surface area contributed by atoms with E-state index in [9.17, 15) is 4.79 Å². The molecule has 2 aromatic heterocycles. The minimum atomic E-state index is -0.188. The van der Waals surface area contributed by atoms with Crippen LogP contribution in [-0.4, -0.2) is 40.3 Å². The zero-order valence-electron chi connectivity index (χ0n) is 13.8. The van der Waals surface area contributed by atoms with Gasteiger partial charge in [0.15, 0.2) is 5.69 Å². The Balaban J connectivity index is 1.54. The summed E-state index contributed by atoms with van der Waals surface area (Å²) in [4.78, 5) is 17.8. The van der Waals surface area contributed by atoms with Crippen LogP contribution in [0.3, 0.4) is 0 Å². The molecule has 0 atom stereocenters. The van der Waals surface area contributed by atoms with E-state index in [1.807, 2.05) is 6.92 Å². The summed E-state index contributed by atoms with van der Waals surface area (Å²) < 4.78 is 5.28. The third kappa shape index (κ3) is 4.27. The Kier molecular flexibility index (Phi) is 5.37. The van der Waals surface area contributed by atoms with Crippen molar-refractivity contribution in [2.45, 2.75) is 39.3 Å². The molecule has 0 aromatic carbocycles. The van der Waals surface area contributed by atoms with Crippen LogP contribution in [0.2, 0.25) is 0 Å². The predicted molar refractivity (Wildman–Crippen MR) is 92.3 cm³/mol. The number of carbonyl (C=O) groups is 1. The van der Waals surface area contributed by atoms with Crippen molar-refractivity contribution in [1.29, 1.82) is 0 Å². The summed E-state index contributed by atoms with van der Waals surface area (Å²) >= 11 is 1.68. The van der Waals surface area contributed by atoms with Crippen molar-refractivity contribution < 1.29 is 9.53 Å². The lowest BCUT2D eigenvalue weighted by molar-refractivity contribution is 0.0693. The van der Waals surface area contributed by atoms with Gasteiger partial charge in [-0.05, 0) is 38.8 Å². The van der Waals surface area contributed by atoms with Gasteiger partial charge in [0.25, 0.3) is 5.91 Å². The standard InChI is InChI=1S/C16H21N5O2S/c1-10-14(18-11(2)24-10)9-17-15-4-3-13(20-21-15)16(22)19-12-5-7-23-8-6-12/h3-4,12H,5-9H2,1-2H3,(H,17,21)(H,19,22). The fourth-order valence-electron chi connectivity index (χ4n) is 2.56. The van der Waals surface area contributed by atoms with E-state index < -0.39 is 0 Å². The van der Waals surface area contributed by atoms with E-state index in [0.29, 0.717) is 31.3 Å². The molecule has 0 radical (unpaired) electrons. The predicted octanol–water partition coefficient (Wildman–Crippen LogP) is 2.07. The molecular weight excluding hydrogens is 326 g/mol. The van der Waals surface area contributed by atoms with E-state index in [0.717, 1.165) is 23.5 Å². The summed E-state index contributed by atoms with van der Waals surface area (Å²) in [5.74, 6) is 0.439. The normalized spacial score (nSPS) is 15.2. The van der Waals surface area contributed by atoms with Crippen LogP contribution in [0.1, 0.15) is 38.9 Å². The van der Waals surface area contributed by atoms with E-state index in [2.05, 4.69) is 32.7 Å². The van der Waals surface area contributed by atoms with Gasteiger partial charge in [-0.1, -0.05) is 0 Å². The molecule has 0 saturated carbocycles. The zero-order valence-corrected chi connectivity index (χ0v) is 14.7. The first-order valence-electron chi connectivity index (χ1n) is 8.01. The van der Waals surface area contributed by atoms with Crippen molar-refractivity contribution in [3.05, 3.63) is 33.4 Å². The lowest BCUT2D eigenvalue weighted by atomic mass is 10.1. The molecule has 2 N–H and O–H groups in total. The first kappa shape index (κ1) is 16.8. The Labute approximate surface area is 144 Å². The molecule has 1 fully saturated rings. The fraction of sp³-hybridized carbons (Fsp3) is 0.500. The summed E-state index contributed by atoms with van der Waals surface area (Å²) in [6, 6.07) is 3.60. The highest BCUT2D eigenvalue weighted by Gasteiger charge is 2.18. The summed E-state index contributed by atoms with van der Waals surface area (Å²) in [7, 11) is 0. The third-order valence-electron chi connectivity index (χ3n) is 3.89. The molecule has 0 aliphatic carbocycles. The van der Waals surface area contributed by atoms with Crippen LogP contribution < -0.4 is 10.6 Å². The monoisotopic (exact) mass is 347 g/mol. The number of thiazole rings is 1. The highest BCUT2D eigenvalue weighted by molar-refractivity contribution is 7.11. The highest BCUT2D eigenvalue weighted by Crippen LogP contribution is 2.17. The number of anilines is 1. The van der Waals surface area contributed by atoms with Crippen LogP contribution in [-0.2, 0) is 11.3 Å². The lowest BCUT2D eigenvalue weighted by Crippen LogP contribution is -2.39. The number of amides is 1. The molecule has 2 aromatic rings. The Morgan fingerprint density at radius 3 is 2.71 bits per heavy atom. The van der Waals surface area contributed by atoms with Gasteiger partial charge in [-0.25, -0.2) is 4.98 Å². The van der Waals surface area contributed by atoms with Gasteiger partial charge in [0.05, 0.1) is 17.2 Å². The molecular formula is C16H21N5O2S. The maximum Gasteiger partial charge on any atom is 0.272 e. The molecule has 8 heteroatoms. The maximum absolute atomic E-state index is 12.2. The quantitative estimate of drug-likeness (QED) is 0.861. The number of hydrogen-bond donors (Lipinski definition) is 2. The van der Waals surface area contributed by atoms with Crippen LogP contribution in [0.5, 0.6) is 0 Å². The van der Waals surface area contributed by atoms with E-state index in [1.165, 1.54) is 4.88 Å². The molecule has 0 unspecified atom stereocenters. The SMILES string of the molecule is Cc1nc(CNc2ccc(C(=O)NC3CCOCC3)nn2)c(C)s1. The Morgan fingerprint density at radius 1 is 1.29 bits per heavy atom. The maximum atomic E-state index is 12.2. The minimum Gasteiger partial charge on any atom is -0.381 e. The lowest BCUT2D eigenvalue weighted by Gasteiger charge is -2.22. The minimum absolute atomic E-state index is 0.154. The number of aryl methyl sites for hydroxylation is 2. The average Bonchev–Trinajstić information content (AvgIpc) is 2.92. The van der Waals surface area contributed by atoms with Gasteiger partial charge < -0.3 is 15.4 Å². The summed E-state index contributed by atoms with van der Waals surface area (Å²) in [6.07, 6.45) is 1.68. The van der Waals surface area contributed by atoms with Gasteiger partial charge >= 0.3 is 0 Å². The molecule has 24 heavy (non-hydrogen) atoms. The second kappa shape index (κ2) is 7.67. The van der Waals surface area contributed by atoms with Crippen molar-refractivity contribution in [3.8, 4) is 0 Å². The van der Waals surface area contributed by atoms with Crippen molar-refractivity contribution in [2.24, 2.45) is 0 Å². The highest BCUT2D eigenvalue weighted by atomic mass is 32.1. The van der Waals surface area contributed by atoms with Crippen molar-refractivity contribution in [3.63, 3.8) is 0 Å². The topological polar surface area (TPSA) is 89.0 Å². The first-order chi connectivity index (χ1) is 11.6. The number of nitrogens with zero attached hydrogens (tertiary/aromatic N) is 3. The fourth-order valence-corrected chi connectivity index (χ4v) is 3.39.